The molecule has 2 heterocycles. The molecule has 3 rings (SSSR count). The molecule has 0 saturated carbocycles. The van der Waals surface area contributed by atoms with Crippen molar-refractivity contribution < 1.29 is 0 Å². The molecular formula is C15H14BrN3S2. The van der Waals surface area contributed by atoms with E-state index < -0.39 is 0 Å². The van der Waals surface area contributed by atoms with E-state index >= 15 is 0 Å². The summed E-state index contributed by atoms with van der Waals surface area (Å²) in [5.41, 5.74) is 7.18. The lowest BCUT2D eigenvalue weighted by atomic mass is 10.4. The summed E-state index contributed by atoms with van der Waals surface area (Å²) in [4.78, 5) is 8.92. The number of allylic oxidation sites excluding steroid dienone is 1. The fraction of sp³-hybridized carbons (Fsp3) is 0.133. The fourth-order valence-corrected chi connectivity index (χ4v) is 4.36. The van der Waals surface area contributed by atoms with Gasteiger partial charge in [0.2, 0.25) is 0 Å². The number of anilines is 1. The molecule has 0 spiro atoms. The van der Waals surface area contributed by atoms with Crippen molar-refractivity contribution in [3.8, 4) is 0 Å². The summed E-state index contributed by atoms with van der Waals surface area (Å²) in [7, 11) is 0. The van der Waals surface area contributed by atoms with Crippen LogP contribution >= 0.6 is 39.5 Å². The van der Waals surface area contributed by atoms with Gasteiger partial charge in [0, 0.05) is 21.3 Å². The van der Waals surface area contributed by atoms with Crippen molar-refractivity contribution in [3.63, 3.8) is 0 Å². The van der Waals surface area contributed by atoms with Crippen LogP contribution in [-0.2, 0) is 0 Å². The van der Waals surface area contributed by atoms with Crippen molar-refractivity contribution >= 4 is 45.3 Å². The minimum atomic E-state index is -0.117. The zero-order valence-electron chi connectivity index (χ0n) is 11.4. The van der Waals surface area contributed by atoms with E-state index in [0.717, 1.165) is 20.9 Å². The molecule has 1 atom stereocenters. The second kappa shape index (κ2) is 6.44. The Kier molecular flexibility index (Phi) is 4.59. The molecular weight excluding hydrogens is 366 g/mol. The third kappa shape index (κ3) is 3.29. The number of hydrogen-bond donors (Lipinski definition) is 1. The first-order valence-corrected chi connectivity index (χ1v) is 8.96. The van der Waals surface area contributed by atoms with E-state index in [9.17, 15) is 0 Å². The van der Waals surface area contributed by atoms with Gasteiger partial charge in [0.15, 0.2) is 0 Å². The average molecular weight is 380 g/mol. The van der Waals surface area contributed by atoms with E-state index in [1.807, 2.05) is 24.4 Å². The Bertz CT molecular complexity index is 676. The van der Waals surface area contributed by atoms with Gasteiger partial charge in [0.25, 0.3) is 0 Å². The minimum absolute atomic E-state index is 0.117. The number of halogens is 1. The molecule has 6 heteroatoms. The molecule has 1 aliphatic heterocycles. The number of pyridine rings is 1. The average Bonchev–Trinajstić information content (AvgIpc) is 2.80. The predicted molar refractivity (Wildman–Crippen MR) is 94.3 cm³/mol. The molecule has 1 unspecified atom stereocenters. The normalized spacial score (nSPS) is 18.0. The summed E-state index contributed by atoms with van der Waals surface area (Å²) in [6, 6.07) is 12.4. The minimum Gasteiger partial charge on any atom is -0.303 e. The molecule has 21 heavy (non-hydrogen) atoms. The first-order chi connectivity index (χ1) is 10.1. The Labute approximate surface area is 141 Å². The Hall–Kier alpha value is -0.950. The molecule has 1 aromatic heterocycles. The zero-order chi connectivity index (χ0) is 14.8. The van der Waals surface area contributed by atoms with Gasteiger partial charge in [0.1, 0.15) is 11.3 Å². The smallest absolute Gasteiger partial charge is 0.148 e. The van der Waals surface area contributed by atoms with Gasteiger partial charge in [-0.15, -0.1) is 0 Å². The van der Waals surface area contributed by atoms with Crippen LogP contribution < -0.4 is 10.6 Å². The highest BCUT2D eigenvalue weighted by atomic mass is 79.9. The molecule has 2 N–H and O–H groups in total. The van der Waals surface area contributed by atoms with Crippen LogP contribution in [0.5, 0.6) is 0 Å². The molecule has 0 fully saturated rings. The van der Waals surface area contributed by atoms with Crippen LogP contribution in [0, 0.1) is 0 Å². The quantitative estimate of drug-likeness (QED) is 0.840. The molecule has 1 aliphatic rings. The molecule has 108 valence electrons. The van der Waals surface area contributed by atoms with Crippen LogP contribution in [0.25, 0.3) is 0 Å². The third-order valence-electron chi connectivity index (χ3n) is 3.01. The third-order valence-corrected chi connectivity index (χ3v) is 5.44. The van der Waals surface area contributed by atoms with E-state index in [-0.39, 0.29) is 5.50 Å². The fourth-order valence-electron chi connectivity index (χ4n) is 2.06. The lowest BCUT2D eigenvalue weighted by molar-refractivity contribution is 0.851. The first kappa shape index (κ1) is 15.0. The van der Waals surface area contributed by atoms with Crippen molar-refractivity contribution in [1.29, 1.82) is 0 Å². The highest BCUT2D eigenvalue weighted by Gasteiger charge is 2.26. The molecule has 3 nitrogen and oxygen atoms in total. The highest BCUT2D eigenvalue weighted by Crippen LogP contribution is 2.40. The SMILES string of the molecule is CC1=CSC(N)N1c1ncc(Br)cc1Sc1ccccc1. The van der Waals surface area contributed by atoms with Crippen LogP contribution in [0.1, 0.15) is 6.92 Å². The number of thioether (sulfide) groups is 1. The highest BCUT2D eigenvalue weighted by molar-refractivity contribution is 9.10. The van der Waals surface area contributed by atoms with Crippen LogP contribution in [0.3, 0.4) is 0 Å². The summed E-state index contributed by atoms with van der Waals surface area (Å²) in [6.45, 7) is 2.06. The zero-order valence-corrected chi connectivity index (χ0v) is 14.6. The van der Waals surface area contributed by atoms with Gasteiger partial charge in [-0.2, -0.15) is 0 Å². The summed E-state index contributed by atoms with van der Waals surface area (Å²) >= 11 is 6.80. The molecule has 0 aliphatic carbocycles. The maximum absolute atomic E-state index is 6.18. The molecule has 1 aromatic carbocycles. The van der Waals surface area contributed by atoms with E-state index in [1.165, 1.54) is 4.90 Å². The number of rotatable bonds is 3. The maximum Gasteiger partial charge on any atom is 0.148 e. The maximum atomic E-state index is 6.18. The van der Waals surface area contributed by atoms with E-state index in [4.69, 9.17) is 5.73 Å². The summed E-state index contributed by atoms with van der Waals surface area (Å²) in [6.07, 6.45) is 1.81. The van der Waals surface area contributed by atoms with E-state index in [2.05, 4.69) is 56.3 Å². The number of aromatic nitrogens is 1. The molecule has 0 radical (unpaired) electrons. The van der Waals surface area contributed by atoms with Crippen molar-refractivity contribution in [2.75, 3.05) is 4.90 Å². The number of nitrogens with two attached hydrogens (primary N) is 1. The van der Waals surface area contributed by atoms with Crippen LogP contribution in [0.2, 0.25) is 0 Å². The van der Waals surface area contributed by atoms with E-state index in [1.54, 1.807) is 23.5 Å². The van der Waals surface area contributed by atoms with Gasteiger partial charge in [-0.25, -0.2) is 4.98 Å². The van der Waals surface area contributed by atoms with Gasteiger partial charge in [0.05, 0.1) is 4.90 Å². The van der Waals surface area contributed by atoms with Gasteiger partial charge < -0.3 is 10.6 Å². The summed E-state index contributed by atoms with van der Waals surface area (Å²) < 4.78 is 0.965. The van der Waals surface area contributed by atoms with Crippen LogP contribution in [0.4, 0.5) is 5.82 Å². The molecule has 0 bridgehead atoms. The molecule has 2 aromatic rings. The Morgan fingerprint density at radius 2 is 2.10 bits per heavy atom. The summed E-state index contributed by atoms with van der Waals surface area (Å²) in [5, 5.41) is 2.07. The first-order valence-electron chi connectivity index (χ1n) is 6.40. The van der Waals surface area contributed by atoms with E-state index in [0.29, 0.717) is 0 Å². The Morgan fingerprint density at radius 1 is 1.33 bits per heavy atom. The summed E-state index contributed by atoms with van der Waals surface area (Å²) in [5.74, 6) is 0.901. The van der Waals surface area contributed by atoms with Crippen molar-refractivity contribution in [2.45, 2.75) is 22.2 Å². The predicted octanol–water partition coefficient (Wildman–Crippen LogP) is 4.65. The second-order valence-corrected chi connectivity index (χ2v) is 7.57. The lowest BCUT2D eigenvalue weighted by Crippen LogP contribution is -2.35. The molecule has 0 saturated heterocycles. The van der Waals surface area contributed by atoms with Crippen molar-refractivity contribution in [1.82, 2.24) is 4.98 Å². The monoisotopic (exact) mass is 379 g/mol. The van der Waals surface area contributed by atoms with Gasteiger partial charge in [-0.3, -0.25) is 0 Å². The largest absolute Gasteiger partial charge is 0.303 e. The topological polar surface area (TPSA) is 42.1 Å². The Morgan fingerprint density at radius 3 is 2.76 bits per heavy atom. The second-order valence-electron chi connectivity index (χ2n) is 4.55. The standard InChI is InChI=1S/C15H14BrN3S2/c1-10-9-20-15(17)19(10)14-13(7-11(16)8-18-14)21-12-5-3-2-4-6-12/h2-9,15H,17H2,1H3. The van der Waals surface area contributed by atoms with Gasteiger partial charge in [-0.1, -0.05) is 41.7 Å². The Balaban J connectivity index is 1.99. The van der Waals surface area contributed by atoms with Crippen molar-refractivity contribution in [3.05, 3.63) is 58.2 Å². The van der Waals surface area contributed by atoms with Gasteiger partial charge >= 0.3 is 0 Å². The van der Waals surface area contributed by atoms with Crippen molar-refractivity contribution in [2.24, 2.45) is 5.73 Å². The lowest BCUT2D eigenvalue weighted by Gasteiger charge is -2.25. The number of nitrogens with zero attached hydrogens (tertiary/aromatic N) is 2. The van der Waals surface area contributed by atoms with Gasteiger partial charge in [-0.05, 0) is 46.5 Å². The number of hydrogen-bond acceptors (Lipinski definition) is 5. The van der Waals surface area contributed by atoms with Crippen LogP contribution in [0.15, 0.2) is 68.0 Å². The molecule has 0 amide bonds. The number of benzene rings is 1. The van der Waals surface area contributed by atoms with Crippen LogP contribution in [-0.4, -0.2) is 10.5 Å².